The van der Waals surface area contributed by atoms with E-state index in [1.165, 1.54) is 6.92 Å². The van der Waals surface area contributed by atoms with Crippen molar-refractivity contribution in [3.63, 3.8) is 0 Å². The summed E-state index contributed by atoms with van der Waals surface area (Å²) in [5.41, 5.74) is 5.07. The van der Waals surface area contributed by atoms with Crippen molar-refractivity contribution in [1.29, 1.82) is 0 Å². The molecule has 0 aromatic rings. The highest BCUT2D eigenvalue weighted by Gasteiger charge is 2.20. The Morgan fingerprint density at radius 2 is 1.94 bits per heavy atom. The molecule has 94 valence electrons. The minimum Gasteiger partial charge on any atom is -0.480 e. The normalized spacial score (nSPS) is 13.1. The Bertz CT molecular complexity index is 353. The van der Waals surface area contributed by atoms with Gasteiger partial charge in [-0.2, -0.15) is 0 Å². The Labute approximate surface area is 93.2 Å². The number of carbonyl (C=O) groups is 2. The van der Waals surface area contributed by atoms with Gasteiger partial charge >= 0.3 is 5.97 Å². The smallest absolute Gasteiger partial charge is 0.321 e. The van der Waals surface area contributed by atoms with Gasteiger partial charge in [0, 0.05) is 20.0 Å². The number of nitrogens with two attached hydrogens (primary N) is 1. The van der Waals surface area contributed by atoms with Crippen LogP contribution in [-0.2, 0) is 19.6 Å². The van der Waals surface area contributed by atoms with Gasteiger partial charge in [0.15, 0.2) is 0 Å². The first-order valence-electron chi connectivity index (χ1n) is 4.45. The summed E-state index contributed by atoms with van der Waals surface area (Å²) in [6.45, 7) is 1.43. The monoisotopic (exact) mass is 253 g/mol. The van der Waals surface area contributed by atoms with Crippen molar-refractivity contribution in [2.75, 3.05) is 18.8 Å². The molecule has 0 aromatic heterocycles. The molecule has 8 nitrogen and oxygen atoms in total. The number of carbonyl (C=O) groups excluding carboxylic acids is 1. The summed E-state index contributed by atoms with van der Waals surface area (Å²) in [6.07, 6.45) is 0. The van der Waals surface area contributed by atoms with Crippen LogP contribution < -0.4 is 15.8 Å². The number of rotatable bonds is 7. The first kappa shape index (κ1) is 14.8. The number of carboxylic acids is 1. The second-order valence-corrected chi connectivity index (χ2v) is 4.95. The molecular formula is C7H15N3O5S. The average molecular weight is 253 g/mol. The van der Waals surface area contributed by atoms with Crippen molar-refractivity contribution in [2.45, 2.75) is 13.0 Å². The molecule has 0 unspecified atom stereocenters. The number of aliphatic carboxylic acids is 1. The standard InChI is InChI=1S/C7H15N3O5S/c1-5(11)9-2-3-10-16(14,15)4-6(8)7(12)13/h6,10H,2-4,8H2,1H3,(H,9,11)(H,12,13)/t6-/m0/s1. The van der Waals surface area contributed by atoms with Gasteiger partial charge in [-0.15, -0.1) is 0 Å². The third-order valence-corrected chi connectivity index (χ3v) is 2.98. The lowest BCUT2D eigenvalue weighted by Gasteiger charge is -2.09. The number of amides is 1. The maximum Gasteiger partial charge on any atom is 0.321 e. The summed E-state index contributed by atoms with van der Waals surface area (Å²) in [4.78, 5) is 20.8. The Kier molecular flexibility index (Phi) is 5.93. The van der Waals surface area contributed by atoms with Gasteiger partial charge in [-0.25, -0.2) is 13.1 Å². The molecule has 0 aliphatic heterocycles. The van der Waals surface area contributed by atoms with E-state index in [9.17, 15) is 18.0 Å². The lowest BCUT2D eigenvalue weighted by atomic mass is 10.4. The van der Waals surface area contributed by atoms with E-state index >= 15 is 0 Å². The van der Waals surface area contributed by atoms with E-state index in [0.717, 1.165) is 0 Å². The highest BCUT2D eigenvalue weighted by atomic mass is 32.2. The number of hydrogen-bond acceptors (Lipinski definition) is 5. The van der Waals surface area contributed by atoms with Gasteiger partial charge in [-0.3, -0.25) is 9.59 Å². The maximum absolute atomic E-state index is 11.2. The number of carboxylic acid groups (broad SMARTS) is 1. The van der Waals surface area contributed by atoms with Crippen molar-refractivity contribution in [3.05, 3.63) is 0 Å². The lowest BCUT2D eigenvalue weighted by molar-refractivity contribution is -0.138. The third kappa shape index (κ3) is 7.15. The quantitative estimate of drug-likeness (QED) is 0.368. The summed E-state index contributed by atoms with van der Waals surface area (Å²) in [5, 5.41) is 10.8. The van der Waals surface area contributed by atoms with Gasteiger partial charge in [0.1, 0.15) is 6.04 Å². The van der Waals surface area contributed by atoms with E-state index in [1.807, 2.05) is 0 Å². The minimum atomic E-state index is -3.73. The Hall–Kier alpha value is -1.19. The first-order valence-corrected chi connectivity index (χ1v) is 6.10. The van der Waals surface area contributed by atoms with Crippen molar-refractivity contribution in [2.24, 2.45) is 5.73 Å². The predicted molar refractivity (Wildman–Crippen MR) is 56.1 cm³/mol. The molecular weight excluding hydrogens is 238 g/mol. The van der Waals surface area contributed by atoms with Crippen LogP contribution in [0, 0.1) is 0 Å². The van der Waals surface area contributed by atoms with Crippen LogP contribution in [0.25, 0.3) is 0 Å². The van der Waals surface area contributed by atoms with Crippen LogP contribution in [0.15, 0.2) is 0 Å². The van der Waals surface area contributed by atoms with Gasteiger partial charge in [0.25, 0.3) is 0 Å². The van der Waals surface area contributed by atoms with E-state index < -0.39 is 27.8 Å². The summed E-state index contributed by atoms with van der Waals surface area (Å²) in [5.74, 6) is -2.35. The molecule has 0 aromatic carbocycles. The predicted octanol–water partition coefficient (Wildman–Crippen LogP) is -2.55. The first-order chi connectivity index (χ1) is 7.24. The molecule has 0 aliphatic rings. The van der Waals surface area contributed by atoms with E-state index in [2.05, 4.69) is 10.0 Å². The fourth-order valence-corrected chi connectivity index (χ4v) is 1.96. The molecule has 0 spiro atoms. The van der Waals surface area contributed by atoms with Crippen LogP contribution in [0.1, 0.15) is 6.92 Å². The van der Waals surface area contributed by atoms with Crippen molar-refractivity contribution < 1.29 is 23.1 Å². The number of hydrogen-bond donors (Lipinski definition) is 4. The Morgan fingerprint density at radius 3 is 2.38 bits per heavy atom. The molecule has 5 N–H and O–H groups in total. The van der Waals surface area contributed by atoms with Crippen LogP contribution in [-0.4, -0.2) is 50.3 Å². The topological polar surface area (TPSA) is 139 Å². The van der Waals surface area contributed by atoms with Crippen LogP contribution in [0.3, 0.4) is 0 Å². The third-order valence-electron chi connectivity index (χ3n) is 1.54. The molecule has 0 rings (SSSR count). The van der Waals surface area contributed by atoms with Crippen LogP contribution in [0.5, 0.6) is 0 Å². The minimum absolute atomic E-state index is 0.00570. The molecule has 9 heteroatoms. The Balaban J connectivity index is 3.97. The molecule has 0 saturated carbocycles. The van der Waals surface area contributed by atoms with E-state index in [4.69, 9.17) is 10.8 Å². The fraction of sp³-hybridized carbons (Fsp3) is 0.714. The highest BCUT2D eigenvalue weighted by molar-refractivity contribution is 7.89. The van der Waals surface area contributed by atoms with Crippen molar-refractivity contribution in [3.8, 4) is 0 Å². The van der Waals surface area contributed by atoms with Crippen LogP contribution in [0.4, 0.5) is 0 Å². The summed E-state index contributed by atoms with van der Waals surface area (Å²) in [7, 11) is -3.73. The number of sulfonamides is 1. The zero-order valence-corrected chi connectivity index (χ0v) is 9.58. The fourth-order valence-electron chi connectivity index (χ4n) is 0.812. The van der Waals surface area contributed by atoms with Gasteiger partial charge in [-0.1, -0.05) is 0 Å². The van der Waals surface area contributed by atoms with E-state index in [0.29, 0.717) is 0 Å². The van der Waals surface area contributed by atoms with Crippen molar-refractivity contribution >= 4 is 21.9 Å². The molecule has 0 bridgehead atoms. The molecule has 0 saturated heterocycles. The summed E-state index contributed by atoms with van der Waals surface area (Å²) < 4.78 is 24.6. The maximum atomic E-state index is 11.2. The van der Waals surface area contributed by atoms with Gasteiger partial charge < -0.3 is 16.2 Å². The molecule has 0 fully saturated rings. The number of nitrogens with one attached hydrogen (secondary N) is 2. The molecule has 1 amide bonds. The Morgan fingerprint density at radius 1 is 1.38 bits per heavy atom. The molecule has 0 aliphatic carbocycles. The van der Waals surface area contributed by atoms with E-state index in [-0.39, 0.29) is 19.0 Å². The average Bonchev–Trinajstić information content (AvgIpc) is 2.11. The molecule has 1 atom stereocenters. The zero-order chi connectivity index (χ0) is 12.8. The molecule has 0 radical (unpaired) electrons. The van der Waals surface area contributed by atoms with Gasteiger partial charge in [0.2, 0.25) is 15.9 Å². The largest absolute Gasteiger partial charge is 0.480 e. The zero-order valence-electron chi connectivity index (χ0n) is 8.76. The second-order valence-electron chi connectivity index (χ2n) is 3.10. The highest BCUT2D eigenvalue weighted by Crippen LogP contribution is 1.88. The lowest BCUT2D eigenvalue weighted by Crippen LogP contribution is -2.43. The van der Waals surface area contributed by atoms with Crippen molar-refractivity contribution in [1.82, 2.24) is 10.0 Å². The van der Waals surface area contributed by atoms with E-state index in [1.54, 1.807) is 0 Å². The summed E-state index contributed by atoms with van der Waals surface area (Å²) in [6, 6.07) is -1.46. The van der Waals surface area contributed by atoms with Crippen LogP contribution >= 0.6 is 0 Å². The van der Waals surface area contributed by atoms with Gasteiger partial charge in [-0.05, 0) is 0 Å². The second kappa shape index (κ2) is 6.40. The molecule has 0 heterocycles. The summed E-state index contributed by atoms with van der Waals surface area (Å²) >= 11 is 0. The molecule has 16 heavy (non-hydrogen) atoms. The van der Waals surface area contributed by atoms with Gasteiger partial charge in [0.05, 0.1) is 5.75 Å². The SMILES string of the molecule is CC(=O)NCCNS(=O)(=O)C[C@H](N)C(=O)O. The van der Waals surface area contributed by atoms with Crippen LogP contribution in [0.2, 0.25) is 0 Å².